The van der Waals surface area contributed by atoms with Crippen molar-refractivity contribution in [1.82, 2.24) is 15.0 Å². The second-order valence-electron chi connectivity index (χ2n) is 8.24. The molecule has 154 valence electrons. The van der Waals surface area contributed by atoms with Crippen molar-refractivity contribution in [2.75, 3.05) is 19.6 Å². The van der Waals surface area contributed by atoms with Crippen LogP contribution in [0.2, 0.25) is 0 Å². The summed E-state index contributed by atoms with van der Waals surface area (Å²) >= 11 is 1.65. The largest absolute Gasteiger partial charge is 0.356 e. The van der Waals surface area contributed by atoms with Crippen molar-refractivity contribution in [2.45, 2.75) is 32.1 Å². The van der Waals surface area contributed by atoms with E-state index >= 15 is 0 Å². The van der Waals surface area contributed by atoms with Gasteiger partial charge in [0.15, 0.2) is 5.58 Å². The molecule has 1 aliphatic rings. The Hall–Kier alpha value is -2.50. The number of rotatable bonds is 7. The van der Waals surface area contributed by atoms with E-state index in [9.17, 15) is 0 Å². The molecule has 30 heavy (non-hydrogen) atoms. The van der Waals surface area contributed by atoms with E-state index < -0.39 is 0 Å². The van der Waals surface area contributed by atoms with Crippen molar-refractivity contribution in [1.29, 1.82) is 0 Å². The fourth-order valence-electron chi connectivity index (χ4n) is 4.44. The van der Waals surface area contributed by atoms with Crippen LogP contribution in [0.25, 0.3) is 21.5 Å². The van der Waals surface area contributed by atoms with E-state index in [1.807, 2.05) is 11.6 Å². The summed E-state index contributed by atoms with van der Waals surface area (Å²) in [5, 5.41) is 8.55. The Labute approximate surface area is 181 Å². The topological polar surface area (TPSA) is 42.2 Å². The van der Waals surface area contributed by atoms with Gasteiger partial charge in [-0.25, -0.2) is 4.98 Å². The summed E-state index contributed by atoms with van der Waals surface area (Å²) in [6, 6.07) is 17.2. The Morgan fingerprint density at radius 2 is 1.90 bits per heavy atom. The summed E-state index contributed by atoms with van der Waals surface area (Å²) in [5.74, 6) is 0.791. The molecule has 2 aromatic heterocycles. The number of thiazole rings is 1. The van der Waals surface area contributed by atoms with Gasteiger partial charge in [-0.1, -0.05) is 41.6 Å². The molecule has 5 rings (SSSR count). The van der Waals surface area contributed by atoms with Crippen LogP contribution in [0.1, 0.15) is 30.5 Å². The zero-order valence-electron chi connectivity index (χ0n) is 17.2. The van der Waals surface area contributed by atoms with Crippen LogP contribution in [0.3, 0.4) is 0 Å². The highest BCUT2D eigenvalue weighted by Gasteiger charge is 2.20. The highest BCUT2D eigenvalue weighted by atomic mass is 32.1. The Morgan fingerprint density at radius 3 is 2.70 bits per heavy atom. The zero-order valence-corrected chi connectivity index (χ0v) is 18.0. The first kappa shape index (κ1) is 19.5. The van der Waals surface area contributed by atoms with Gasteiger partial charge in [-0.15, -0.1) is 11.3 Å². The molecule has 0 atom stereocenters. The van der Waals surface area contributed by atoms with Crippen LogP contribution in [-0.4, -0.2) is 34.7 Å². The standard InChI is InChI=1S/C25H27N3OS/c1-2-4-19(5-3-1)10-14-28-15-11-20(12-16-28)6-9-23-22-8-7-21(18-24(22)29-27-23)25-26-13-17-30-25/h1-5,7-8,13,17-18,20H,6,9-12,14-16H2. The minimum Gasteiger partial charge on any atom is -0.356 e. The quantitative estimate of drug-likeness (QED) is 0.379. The van der Waals surface area contributed by atoms with Crippen molar-refractivity contribution < 1.29 is 4.52 Å². The monoisotopic (exact) mass is 417 g/mol. The maximum atomic E-state index is 5.64. The number of hydrogen-bond acceptors (Lipinski definition) is 5. The molecule has 1 fully saturated rings. The minimum absolute atomic E-state index is 0.791. The molecule has 0 N–H and O–H groups in total. The summed E-state index contributed by atoms with van der Waals surface area (Å²) in [6.45, 7) is 3.61. The van der Waals surface area contributed by atoms with Crippen LogP contribution >= 0.6 is 11.3 Å². The van der Waals surface area contributed by atoms with Gasteiger partial charge in [0.1, 0.15) is 5.01 Å². The third-order valence-corrected chi connectivity index (χ3v) is 7.10. The van der Waals surface area contributed by atoms with Crippen LogP contribution in [0, 0.1) is 5.92 Å². The second-order valence-corrected chi connectivity index (χ2v) is 9.13. The lowest BCUT2D eigenvalue weighted by Gasteiger charge is -2.31. The Balaban J connectivity index is 1.12. The number of nitrogens with zero attached hydrogens (tertiary/aromatic N) is 3. The number of hydrogen-bond donors (Lipinski definition) is 0. The van der Waals surface area contributed by atoms with E-state index in [0.29, 0.717) is 0 Å². The van der Waals surface area contributed by atoms with E-state index in [0.717, 1.165) is 46.0 Å². The minimum atomic E-state index is 0.791. The summed E-state index contributed by atoms with van der Waals surface area (Å²) in [7, 11) is 0. The molecule has 2 aromatic carbocycles. The smallest absolute Gasteiger partial charge is 0.167 e. The van der Waals surface area contributed by atoms with Gasteiger partial charge < -0.3 is 9.42 Å². The lowest BCUT2D eigenvalue weighted by Crippen LogP contribution is -2.35. The predicted octanol–water partition coefficient (Wildman–Crippen LogP) is 5.84. The van der Waals surface area contributed by atoms with Crippen molar-refractivity contribution in [3.8, 4) is 10.6 Å². The Kier molecular flexibility index (Phi) is 5.91. The van der Waals surface area contributed by atoms with Gasteiger partial charge in [0.05, 0.1) is 5.69 Å². The number of benzene rings is 2. The molecule has 3 heterocycles. The van der Waals surface area contributed by atoms with E-state index in [-0.39, 0.29) is 0 Å². The van der Waals surface area contributed by atoms with Crippen LogP contribution in [0.15, 0.2) is 64.6 Å². The number of aryl methyl sites for hydroxylation is 1. The molecule has 4 aromatic rings. The normalized spacial score (nSPS) is 15.7. The fraction of sp³-hybridized carbons (Fsp3) is 0.360. The molecular formula is C25H27N3OS. The van der Waals surface area contributed by atoms with E-state index in [2.05, 4.69) is 63.6 Å². The molecule has 0 bridgehead atoms. The third-order valence-electron chi connectivity index (χ3n) is 6.28. The van der Waals surface area contributed by atoms with E-state index in [1.54, 1.807) is 11.3 Å². The average molecular weight is 418 g/mol. The van der Waals surface area contributed by atoms with Gasteiger partial charge in [-0.05, 0) is 68.8 Å². The number of fused-ring (bicyclic) bond motifs is 1. The molecule has 4 nitrogen and oxygen atoms in total. The first-order valence-corrected chi connectivity index (χ1v) is 11.8. The van der Waals surface area contributed by atoms with Crippen LogP contribution in [0.4, 0.5) is 0 Å². The maximum absolute atomic E-state index is 5.64. The lowest BCUT2D eigenvalue weighted by atomic mass is 9.91. The predicted molar refractivity (Wildman–Crippen MR) is 123 cm³/mol. The molecule has 0 aliphatic carbocycles. The highest BCUT2D eigenvalue weighted by Crippen LogP contribution is 2.29. The van der Waals surface area contributed by atoms with Crippen LogP contribution in [-0.2, 0) is 12.8 Å². The third kappa shape index (κ3) is 4.47. The van der Waals surface area contributed by atoms with Crippen molar-refractivity contribution in [3.05, 3.63) is 71.4 Å². The number of likely N-dealkylation sites (tertiary alicyclic amines) is 1. The summed E-state index contributed by atoms with van der Waals surface area (Å²) < 4.78 is 5.64. The lowest BCUT2D eigenvalue weighted by molar-refractivity contribution is 0.180. The van der Waals surface area contributed by atoms with Crippen molar-refractivity contribution in [3.63, 3.8) is 0 Å². The average Bonchev–Trinajstić information content (AvgIpc) is 3.47. The fourth-order valence-corrected chi connectivity index (χ4v) is 5.08. The van der Waals surface area contributed by atoms with Crippen molar-refractivity contribution in [2.24, 2.45) is 5.92 Å². The molecule has 0 unspecified atom stereocenters. The number of aromatic nitrogens is 2. The SMILES string of the molecule is c1ccc(CCN2CCC(CCc3noc4cc(-c5nccs5)ccc34)CC2)cc1. The zero-order chi connectivity index (χ0) is 20.2. The highest BCUT2D eigenvalue weighted by molar-refractivity contribution is 7.13. The molecular weight excluding hydrogens is 390 g/mol. The second kappa shape index (κ2) is 9.11. The van der Waals surface area contributed by atoms with E-state index in [4.69, 9.17) is 4.52 Å². The van der Waals surface area contributed by atoms with Crippen molar-refractivity contribution >= 4 is 22.3 Å². The van der Waals surface area contributed by atoms with Crippen LogP contribution in [0.5, 0.6) is 0 Å². The molecule has 1 aliphatic heterocycles. The van der Waals surface area contributed by atoms with Gasteiger partial charge in [-0.2, -0.15) is 0 Å². The van der Waals surface area contributed by atoms with E-state index in [1.165, 1.54) is 44.5 Å². The van der Waals surface area contributed by atoms with Gasteiger partial charge in [0.2, 0.25) is 0 Å². The summed E-state index contributed by atoms with van der Waals surface area (Å²) in [4.78, 5) is 7.01. The van der Waals surface area contributed by atoms with Gasteiger partial charge >= 0.3 is 0 Å². The summed E-state index contributed by atoms with van der Waals surface area (Å²) in [6.07, 6.45) is 7.76. The van der Waals surface area contributed by atoms with Gasteiger partial charge in [0.25, 0.3) is 0 Å². The molecule has 0 radical (unpaired) electrons. The molecule has 1 saturated heterocycles. The van der Waals surface area contributed by atoms with Crippen LogP contribution < -0.4 is 0 Å². The Morgan fingerprint density at radius 1 is 1.03 bits per heavy atom. The first-order valence-electron chi connectivity index (χ1n) is 10.9. The molecule has 0 spiro atoms. The molecule has 5 heteroatoms. The maximum Gasteiger partial charge on any atom is 0.167 e. The first-order chi connectivity index (χ1) is 14.8. The number of piperidine rings is 1. The molecule has 0 saturated carbocycles. The van der Waals surface area contributed by atoms with Gasteiger partial charge in [0, 0.05) is 29.1 Å². The van der Waals surface area contributed by atoms with Gasteiger partial charge in [-0.3, -0.25) is 0 Å². The molecule has 0 amide bonds. The Bertz CT molecular complexity index is 1070. The summed E-state index contributed by atoms with van der Waals surface area (Å²) in [5.41, 5.74) is 4.51.